The first-order valence-corrected chi connectivity index (χ1v) is 11.9. The van der Waals surface area contributed by atoms with E-state index in [1.165, 1.54) is 26.2 Å². The molecule has 0 atom stereocenters. The van der Waals surface area contributed by atoms with Gasteiger partial charge in [0.2, 0.25) is 15.9 Å². The third kappa shape index (κ3) is 6.03. The quantitative estimate of drug-likeness (QED) is 0.701. The topological polar surface area (TPSA) is 101 Å². The Morgan fingerprint density at radius 1 is 1.07 bits per heavy atom. The molecule has 1 heterocycles. The van der Waals surface area contributed by atoms with E-state index in [1.54, 1.807) is 43.3 Å². The van der Waals surface area contributed by atoms with Crippen molar-refractivity contribution >= 4 is 33.8 Å². The van der Waals surface area contributed by atoms with Crippen molar-refractivity contribution in [3.63, 3.8) is 0 Å². The van der Waals surface area contributed by atoms with Gasteiger partial charge in [-0.15, -0.1) is 0 Å². The van der Waals surface area contributed by atoms with Gasteiger partial charge in [0.05, 0.1) is 4.90 Å². The summed E-state index contributed by atoms with van der Waals surface area (Å²) in [5.41, 5.74) is 1.93. The van der Waals surface area contributed by atoms with E-state index >= 15 is 0 Å². The second-order valence-electron chi connectivity index (χ2n) is 7.75. The number of carbonyl (C=O) groups is 1. The third-order valence-corrected chi connectivity index (χ3v) is 6.77. The molecular formula is C22H29N3O4S. The summed E-state index contributed by atoms with van der Waals surface area (Å²) in [6.45, 7) is 3.17. The zero-order valence-electron chi connectivity index (χ0n) is 17.5. The van der Waals surface area contributed by atoms with Gasteiger partial charge in [-0.3, -0.25) is 4.79 Å². The second-order valence-corrected chi connectivity index (χ2v) is 9.47. The molecule has 3 rings (SSSR count). The Balaban J connectivity index is 1.68. The molecule has 1 aromatic heterocycles. The first-order chi connectivity index (χ1) is 14.3. The molecule has 162 valence electrons. The Morgan fingerprint density at radius 3 is 2.33 bits per heavy atom. The number of nitrogens with one attached hydrogen (secondary N) is 2. The van der Waals surface area contributed by atoms with Gasteiger partial charge in [0, 0.05) is 13.0 Å². The van der Waals surface area contributed by atoms with Crippen LogP contribution >= 0.6 is 0 Å². The number of aromatic nitrogens is 1. The summed E-state index contributed by atoms with van der Waals surface area (Å²) >= 11 is 0. The van der Waals surface area contributed by atoms with Crippen LogP contribution in [-0.2, 0) is 14.8 Å². The predicted molar refractivity (Wildman–Crippen MR) is 117 cm³/mol. The van der Waals surface area contributed by atoms with E-state index in [4.69, 9.17) is 4.52 Å². The average molecular weight is 432 g/mol. The van der Waals surface area contributed by atoms with Crippen LogP contribution in [-0.4, -0.2) is 25.5 Å². The number of amides is 1. The van der Waals surface area contributed by atoms with Crippen LogP contribution in [0.25, 0.3) is 12.2 Å². The summed E-state index contributed by atoms with van der Waals surface area (Å²) in [5, 5.41) is 6.57. The van der Waals surface area contributed by atoms with Crippen molar-refractivity contribution in [2.24, 2.45) is 0 Å². The van der Waals surface area contributed by atoms with Gasteiger partial charge in [-0.2, -0.15) is 0 Å². The maximum absolute atomic E-state index is 12.7. The zero-order valence-corrected chi connectivity index (χ0v) is 18.3. The van der Waals surface area contributed by atoms with E-state index in [0.29, 0.717) is 17.1 Å². The van der Waals surface area contributed by atoms with Crippen LogP contribution in [0.15, 0.2) is 33.7 Å². The van der Waals surface area contributed by atoms with Crippen LogP contribution in [0.2, 0.25) is 0 Å². The second kappa shape index (κ2) is 10.0. The van der Waals surface area contributed by atoms with Crippen molar-refractivity contribution < 1.29 is 17.7 Å². The SMILES string of the molecule is CC(=O)Nc1c(C)noc1/C=C\c1ccc(S(=O)(=O)NC2CCCCCCC2)cc1. The lowest BCUT2D eigenvalue weighted by Crippen LogP contribution is -2.35. The molecule has 0 bridgehead atoms. The first kappa shape index (κ1) is 22.2. The van der Waals surface area contributed by atoms with Crippen LogP contribution in [0.1, 0.15) is 68.9 Å². The molecule has 0 aliphatic heterocycles. The number of anilines is 1. The van der Waals surface area contributed by atoms with E-state index in [1.807, 2.05) is 0 Å². The van der Waals surface area contributed by atoms with Crippen LogP contribution < -0.4 is 10.0 Å². The van der Waals surface area contributed by atoms with Crippen molar-refractivity contribution in [1.82, 2.24) is 9.88 Å². The fraction of sp³-hybridized carbons (Fsp3) is 0.455. The Bertz CT molecular complexity index is 986. The number of nitrogens with zero attached hydrogens (tertiary/aromatic N) is 1. The maximum atomic E-state index is 12.7. The largest absolute Gasteiger partial charge is 0.354 e. The molecule has 1 saturated carbocycles. The lowest BCUT2D eigenvalue weighted by Gasteiger charge is -2.21. The van der Waals surface area contributed by atoms with Crippen LogP contribution in [0.5, 0.6) is 0 Å². The lowest BCUT2D eigenvalue weighted by molar-refractivity contribution is -0.114. The van der Waals surface area contributed by atoms with Crippen molar-refractivity contribution in [3.8, 4) is 0 Å². The fourth-order valence-electron chi connectivity index (χ4n) is 3.62. The number of hydrogen-bond acceptors (Lipinski definition) is 5. The zero-order chi connectivity index (χ0) is 21.6. The van der Waals surface area contributed by atoms with E-state index in [0.717, 1.165) is 31.2 Å². The minimum absolute atomic E-state index is 0.0109. The summed E-state index contributed by atoms with van der Waals surface area (Å²) in [6.07, 6.45) is 11.0. The van der Waals surface area contributed by atoms with E-state index in [-0.39, 0.29) is 16.8 Å². The number of rotatable bonds is 6. The molecule has 1 aliphatic rings. The lowest BCUT2D eigenvalue weighted by atomic mass is 9.97. The molecule has 7 nitrogen and oxygen atoms in total. The molecule has 2 aromatic rings. The smallest absolute Gasteiger partial charge is 0.240 e. The van der Waals surface area contributed by atoms with Gasteiger partial charge >= 0.3 is 0 Å². The highest BCUT2D eigenvalue weighted by molar-refractivity contribution is 7.89. The number of hydrogen-bond donors (Lipinski definition) is 2. The predicted octanol–water partition coefficient (Wildman–Crippen LogP) is 4.50. The summed E-state index contributed by atoms with van der Waals surface area (Å²) in [4.78, 5) is 11.6. The minimum atomic E-state index is -3.54. The molecule has 1 aliphatic carbocycles. The molecule has 8 heteroatoms. The summed E-state index contributed by atoms with van der Waals surface area (Å²) in [5.74, 6) is 0.229. The molecule has 1 fully saturated rings. The number of benzene rings is 1. The van der Waals surface area contributed by atoms with Gasteiger partial charge in [-0.05, 0) is 43.5 Å². The van der Waals surface area contributed by atoms with Gasteiger partial charge in [-0.25, -0.2) is 13.1 Å². The normalized spacial score (nSPS) is 16.3. The minimum Gasteiger partial charge on any atom is -0.354 e. The van der Waals surface area contributed by atoms with E-state index in [9.17, 15) is 13.2 Å². The summed E-state index contributed by atoms with van der Waals surface area (Å²) < 4.78 is 33.6. The number of aryl methyl sites for hydroxylation is 1. The van der Waals surface area contributed by atoms with Crippen LogP contribution in [0, 0.1) is 6.92 Å². The Labute approximate surface area is 178 Å². The van der Waals surface area contributed by atoms with Gasteiger partial charge in [0.15, 0.2) is 5.76 Å². The maximum Gasteiger partial charge on any atom is 0.240 e. The number of sulfonamides is 1. The molecule has 1 amide bonds. The van der Waals surface area contributed by atoms with Gasteiger partial charge in [-0.1, -0.05) is 55.5 Å². The van der Waals surface area contributed by atoms with Crippen molar-refractivity contribution in [2.75, 3.05) is 5.32 Å². The van der Waals surface area contributed by atoms with Crippen LogP contribution in [0.4, 0.5) is 5.69 Å². The van der Waals surface area contributed by atoms with Crippen molar-refractivity contribution in [3.05, 3.63) is 41.3 Å². The molecule has 0 unspecified atom stereocenters. The molecule has 0 spiro atoms. The van der Waals surface area contributed by atoms with Gasteiger partial charge in [0.25, 0.3) is 0 Å². The molecule has 0 saturated heterocycles. The van der Waals surface area contributed by atoms with Crippen molar-refractivity contribution in [1.29, 1.82) is 0 Å². The summed E-state index contributed by atoms with van der Waals surface area (Å²) in [6, 6.07) is 6.70. The monoisotopic (exact) mass is 431 g/mol. The van der Waals surface area contributed by atoms with E-state index < -0.39 is 10.0 Å². The highest BCUT2D eigenvalue weighted by Gasteiger charge is 2.20. The molecule has 2 N–H and O–H groups in total. The average Bonchev–Trinajstić information content (AvgIpc) is 3.01. The third-order valence-electron chi connectivity index (χ3n) is 5.23. The Hall–Kier alpha value is -2.45. The van der Waals surface area contributed by atoms with Crippen LogP contribution in [0.3, 0.4) is 0 Å². The Kier molecular flexibility index (Phi) is 7.44. The van der Waals surface area contributed by atoms with Gasteiger partial charge in [0.1, 0.15) is 11.4 Å². The summed E-state index contributed by atoms with van der Waals surface area (Å²) in [7, 11) is -3.54. The number of carbonyl (C=O) groups excluding carboxylic acids is 1. The van der Waals surface area contributed by atoms with Gasteiger partial charge < -0.3 is 9.84 Å². The van der Waals surface area contributed by atoms with E-state index in [2.05, 4.69) is 15.2 Å². The fourth-order valence-corrected chi connectivity index (χ4v) is 4.93. The molecule has 30 heavy (non-hydrogen) atoms. The molecule has 1 aromatic carbocycles. The first-order valence-electron chi connectivity index (χ1n) is 10.4. The molecular weight excluding hydrogens is 402 g/mol. The Morgan fingerprint density at radius 2 is 1.70 bits per heavy atom. The highest BCUT2D eigenvalue weighted by Crippen LogP contribution is 2.23. The molecule has 0 radical (unpaired) electrons. The standard InChI is InChI=1S/C22H29N3O4S/c1-16-22(23-17(2)26)21(29-24-16)15-12-18-10-13-20(14-11-18)30(27,28)25-19-8-6-4-3-5-7-9-19/h10-15,19,25H,3-9H2,1-2H3,(H,23,26)/b15-12-. The highest BCUT2D eigenvalue weighted by atomic mass is 32.2. The van der Waals surface area contributed by atoms with Crippen molar-refractivity contribution in [2.45, 2.75) is 69.7 Å².